The van der Waals surface area contributed by atoms with Gasteiger partial charge in [-0.2, -0.15) is 0 Å². The molecule has 1 atom stereocenters. The third-order valence-electron chi connectivity index (χ3n) is 4.72. The summed E-state index contributed by atoms with van der Waals surface area (Å²) < 4.78 is 5.86. The predicted molar refractivity (Wildman–Crippen MR) is 110 cm³/mol. The first-order valence-electron chi connectivity index (χ1n) is 8.36. The Kier molecular flexibility index (Phi) is 7.78. The molecule has 1 saturated heterocycles. The lowest BCUT2D eigenvalue weighted by molar-refractivity contribution is -0.136. The normalized spacial score (nSPS) is 16.7. The lowest BCUT2D eigenvalue weighted by atomic mass is 9.86. The van der Waals surface area contributed by atoms with Crippen molar-refractivity contribution in [2.24, 2.45) is 11.1 Å². The molecule has 0 radical (unpaired) electrons. The van der Waals surface area contributed by atoms with Gasteiger partial charge in [0.25, 0.3) is 0 Å². The highest BCUT2D eigenvalue weighted by atomic mass is 35.5. The van der Waals surface area contributed by atoms with E-state index in [0.717, 1.165) is 29.8 Å². The second-order valence-corrected chi connectivity index (χ2v) is 8.04. The quantitative estimate of drug-likeness (QED) is 0.778. The lowest BCUT2D eigenvalue weighted by Gasteiger charge is -2.35. The zero-order valence-corrected chi connectivity index (χ0v) is 17.6. The number of oxazole rings is 1. The number of carbonyl (C=O) groups is 1. The first-order valence-corrected chi connectivity index (χ1v) is 8.74. The Labute approximate surface area is 171 Å². The maximum Gasteiger partial charge on any atom is 0.240 e. The second-order valence-electron chi connectivity index (χ2n) is 7.61. The molecule has 3 rings (SSSR count). The zero-order chi connectivity index (χ0) is 17.5. The van der Waals surface area contributed by atoms with Gasteiger partial charge in [-0.15, -0.1) is 24.8 Å². The van der Waals surface area contributed by atoms with Crippen molar-refractivity contribution in [2.75, 3.05) is 13.1 Å². The van der Waals surface area contributed by atoms with Crippen molar-refractivity contribution in [1.29, 1.82) is 0 Å². The van der Waals surface area contributed by atoms with E-state index in [2.05, 4.69) is 4.98 Å². The van der Waals surface area contributed by atoms with Crippen LogP contribution in [0.15, 0.2) is 22.6 Å². The van der Waals surface area contributed by atoms with Crippen LogP contribution in [-0.4, -0.2) is 34.9 Å². The Morgan fingerprint density at radius 3 is 2.50 bits per heavy atom. The van der Waals surface area contributed by atoms with Gasteiger partial charge in [-0.05, 0) is 36.5 Å². The molecule has 1 aromatic heterocycles. The molecule has 0 saturated carbocycles. The first kappa shape index (κ1) is 23.0. The van der Waals surface area contributed by atoms with Crippen LogP contribution in [0.5, 0.6) is 0 Å². The van der Waals surface area contributed by atoms with E-state index in [-0.39, 0.29) is 42.1 Å². The molecule has 0 bridgehead atoms. The Bertz CT molecular complexity index is 750. The van der Waals surface area contributed by atoms with Crippen LogP contribution in [0.4, 0.5) is 0 Å². The third kappa shape index (κ3) is 4.83. The lowest BCUT2D eigenvalue weighted by Crippen LogP contribution is -2.52. The number of aromatic nitrogens is 1. The molecule has 1 aliphatic heterocycles. The van der Waals surface area contributed by atoms with Crippen molar-refractivity contribution >= 4 is 53.4 Å². The summed E-state index contributed by atoms with van der Waals surface area (Å²) in [5.41, 5.74) is 7.41. The molecule has 5 nitrogen and oxygen atoms in total. The standard InChI is InChI=1S/C18H24ClN3O2.2ClH/c1-18(2,3)15(20)17(23)22-8-6-11(7-9-22)16-21-13-10-12(19)4-5-14(13)24-16;;/h4-5,10-11,15H,6-9,20H2,1-3H3;2*1H/t15-;;/m1../s1. The summed E-state index contributed by atoms with van der Waals surface area (Å²) in [6.07, 6.45) is 1.67. The molecule has 146 valence electrons. The Balaban J connectivity index is 0.00000169. The van der Waals surface area contributed by atoms with Crippen LogP contribution in [0.3, 0.4) is 0 Å². The average Bonchev–Trinajstić information content (AvgIpc) is 2.95. The van der Waals surface area contributed by atoms with Crippen molar-refractivity contribution in [3.63, 3.8) is 0 Å². The van der Waals surface area contributed by atoms with E-state index in [9.17, 15) is 4.79 Å². The van der Waals surface area contributed by atoms with Gasteiger partial charge in [-0.25, -0.2) is 4.98 Å². The number of likely N-dealkylation sites (tertiary alicyclic amines) is 1. The number of hydrogen-bond donors (Lipinski definition) is 1. The summed E-state index contributed by atoms with van der Waals surface area (Å²) in [5, 5.41) is 0.652. The molecule has 26 heavy (non-hydrogen) atoms. The number of hydrogen-bond acceptors (Lipinski definition) is 4. The minimum absolute atomic E-state index is 0. The van der Waals surface area contributed by atoms with E-state index >= 15 is 0 Å². The van der Waals surface area contributed by atoms with Gasteiger partial charge in [0, 0.05) is 24.0 Å². The van der Waals surface area contributed by atoms with Crippen molar-refractivity contribution < 1.29 is 9.21 Å². The Hall–Kier alpha value is -1.01. The molecule has 2 aromatic rings. The maximum atomic E-state index is 12.5. The zero-order valence-electron chi connectivity index (χ0n) is 15.2. The minimum Gasteiger partial charge on any atom is -0.440 e. The molecular weight excluding hydrogens is 397 g/mol. The molecule has 2 heterocycles. The highest BCUT2D eigenvalue weighted by Gasteiger charge is 2.34. The molecule has 0 unspecified atom stereocenters. The Morgan fingerprint density at radius 1 is 1.31 bits per heavy atom. The smallest absolute Gasteiger partial charge is 0.240 e. The van der Waals surface area contributed by atoms with E-state index in [4.69, 9.17) is 21.8 Å². The number of carbonyl (C=O) groups excluding carboxylic acids is 1. The topological polar surface area (TPSA) is 72.4 Å². The number of amides is 1. The monoisotopic (exact) mass is 421 g/mol. The number of halogens is 3. The molecule has 1 amide bonds. The maximum absolute atomic E-state index is 12.5. The summed E-state index contributed by atoms with van der Waals surface area (Å²) in [6, 6.07) is 4.98. The second kappa shape index (κ2) is 8.79. The molecule has 1 aromatic carbocycles. The fourth-order valence-corrected chi connectivity index (χ4v) is 3.17. The van der Waals surface area contributed by atoms with Crippen LogP contribution >= 0.6 is 36.4 Å². The molecule has 2 N–H and O–H groups in total. The molecule has 8 heteroatoms. The summed E-state index contributed by atoms with van der Waals surface area (Å²) in [5.74, 6) is 0.996. The van der Waals surface area contributed by atoms with Crippen LogP contribution in [-0.2, 0) is 4.79 Å². The number of piperidine rings is 1. The number of rotatable bonds is 2. The van der Waals surface area contributed by atoms with Crippen LogP contribution in [0.1, 0.15) is 45.4 Å². The van der Waals surface area contributed by atoms with Crippen molar-refractivity contribution in [3.05, 3.63) is 29.1 Å². The number of benzene rings is 1. The number of nitrogens with zero attached hydrogens (tertiary/aromatic N) is 2. The van der Waals surface area contributed by atoms with E-state index in [1.54, 1.807) is 6.07 Å². The molecule has 0 aliphatic carbocycles. The molecular formula is C18H26Cl3N3O2. The van der Waals surface area contributed by atoms with E-state index < -0.39 is 6.04 Å². The van der Waals surface area contributed by atoms with Gasteiger partial charge in [-0.3, -0.25) is 4.79 Å². The molecule has 0 spiro atoms. The van der Waals surface area contributed by atoms with Gasteiger partial charge in [0.05, 0.1) is 6.04 Å². The number of fused-ring (bicyclic) bond motifs is 1. The van der Waals surface area contributed by atoms with Crippen molar-refractivity contribution in [2.45, 2.75) is 45.6 Å². The summed E-state index contributed by atoms with van der Waals surface area (Å²) in [7, 11) is 0. The Morgan fingerprint density at radius 2 is 1.92 bits per heavy atom. The van der Waals surface area contributed by atoms with Crippen LogP contribution < -0.4 is 5.73 Å². The van der Waals surface area contributed by atoms with Crippen LogP contribution in [0.2, 0.25) is 5.02 Å². The minimum atomic E-state index is -0.472. The summed E-state index contributed by atoms with van der Waals surface area (Å²) in [6.45, 7) is 7.35. The molecule has 1 aliphatic rings. The van der Waals surface area contributed by atoms with Gasteiger partial charge >= 0.3 is 0 Å². The largest absolute Gasteiger partial charge is 0.440 e. The van der Waals surface area contributed by atoms with Crippen LogP contribution in [0, 0.1) is 5.41 Å². The fraction of sp³-hybridized carbons (Fsp3) is 0.556. The van der Waals surface area contributed by atoms with Crippen molar-refractivity contribution in [3.8, 4) is 0 Å². The predicted octanol–water partition coefficient (Wildman–Crippen LogP) is 4.40. The van der Waals surface area contributed by atoms with Gasteiger partial charge < -0.3 is 15.1 Å². The summed E-state index contributed by atoms with van der Waals surface area (Å²) in [4.78, 5) is 18.9. The van der Waals surface area contributed by atoms with Gasteiger partial charge in [0.2, 0.25) is 5.91 Å². The highest BCUT2D eigenvalue weighted by molar-refractivity contribution is 6.31. The highest BCUT2D eigenvalue weighted by Crippen LogP contribution is 2.31. The van der Waals surface area contributed by atoms with Crippen molar-refractivity contribution in [1.82, 2.24) is 9.88 Å². The number of nitrogens with two attached hydrogens (primary N) is 1. The first-order chi connectivity index (χ1) is 11.3. The SMILES string of the molecule is CC(C)(C)[C@H](N)C(=O)N1CCC(c2nc3cc(Cl)ccc3o2)CC1.Cl.Cl. The van der Waals surface area contributed by atoms with Gasteiger partial charge in [0.15, 0.2) is 11.5 Å². The van der Waals surface area contributed by atoms with Gasteiger partial charge in [0.1, 0.15) is 5.52 Å². The van der Waals surface area contributed by atoms with Gasteiger partial charge in [-0.1, -0.05) is 32.4 Å². The van der Waals surface area contributed by atoms with E-state index in [1.165, 1.54) is 0 Å². The fourth-order valence-electron chi connectivity index (χ4n) is 3.01. The van der Waals surface area contributed by atoms with E-state index in [0.29, 0.717) is 18.1 Å². The third-order valence-corrected chi connectivity index (χ3v) is 4.96. The van der Waals surface area contributed by atoms with E-state index in [1.807, 2.05) is 37.8 Å². The summed E-state index contributed by atoms with van der Waals surface area (Å²) >= 11 is 6.00. The van der Waals surface area contributed by atoms with Crippen LogP contribution in [0.25, 0.3) is 11.1 Å². The average molecular weight is 423 g/mol. The molecule has 1 fully saturated rings.